The first-order valence-corrected chi connectivity index (χ1v) is 12.5. The molecule has 0 saturated carbocycles. The van der Waals surface area contributed by atoms with Crippen LogP contribution in [0.25, 0.3) is 0 Å². The van der Waals surface area contributed by atoms with E-state index in [2.05, 4.69) is 25.9 Å². The average molecular weight is 529 g/mol. The van der Waals surface area contributed by atoms with Crippen LogP contribution in [0.2, 0.25) is 0 Å². The molecule has 0 bridgehead atoms. The van der Waals surface area contributed by atoms with Crippen molar-refractivity contribution < 1.29 is 14.0 Å². The number of nitrogens with zero attached hydrogens (tertiary/aromatic N) is 4. The molecule has 0 aliphatic carbocycles. The molecule has 2 amide bonds. The Morgan fingerprint density at radius 1 is 1.03 bits per heavy atom. The molecule has 1 saturated heterocycles. The summed E-state index contributed by atoms with van der Waals surface area (Å²) < 4.78 is 15.5. The molecular weight excluding hydrogens is 499 g/mol. The van der Waals surface area contributed by atoms with Crippen LogP contribution in [0.1, 0.15) is 44.2 Å². The average Bonchev–Trinajstić information content (AvgIpc) is 3.22. The summed E-state index contributed by atoms with van der Waals surface area (Å²) >= 11 is 3.43. The molecule has 4 rings (SSSR count). The van der Waals surface area contributed by atoms with Gasteiger partial charge in [0.2, 0.25) is 11.8 Å². The number of hydrogen-bond donors (Lipinski definition) is 0. The fourth-order valence-corrected chi connectivity index (χ4v) is 5.40. The van der Waals surface area contributed by atoms with E-state index in [1.54, 1.807) is 24.1 Å². The third-order valence-electron chi connectivity index (χ3n) is 6.82. The molecule has 1 atom stereocenters. The zero-order valence-electron chi connectivity index (χ0n) is 19.6. The van der Waals surface area contributed by atoms with E-state index in [0.29, 0.717) is 24.1 Å². The number of rotatable bonds is 6. The Balaban J connectivity index is 1.57. The molecule has 0 radical (unpaired) electrons. The molecule has 180 valence electrons. The minimum absolute atomic E-state index is 0.121. The summed E-state index contributed by atoms with van der Waals surface area (Å²) in [5.74, 6) is -0.391. The summed E-state index contributed by atoms with van der Waals surface area (Å²) in [4.78, 5) is 28.6. The summed E-state index contributed by atoms with van der Waals surface area (Å²) in [6, 6.07) is 14.7. The third kappa shape index (κ3) is 5.08. The zero-order chi connectivity index (χ0) is 24.3. The fraction of sp³-hybridized carbons (Fsp3) is 0.423. The van der Waals surface area contributed by atoms with Gasteiger partial charge in [-0.15, -0.1) is 0 Å². The van der Waals surface area contributed by atoms with Gasteiger partial charge in [-0.3, -0.25) is 14.5 Å². The zero-order valence-corrected chi connectivity index (χ0v) is 21.2. The molecule has 6 nitrogen and oxygen atoms in total. The molecule has 34 heavy (non-hydrogen) atoms. The lowest BCUT2D eigenvalue weighted by molar-refractivity contribution is -0.135. The number of hydrogen-bond acceptors (Lipinski definition) is 4. The van der Waals surface area contributed by atoms with Crippen molar-refractivity contribution in [3.05, 3.63) is 69.9 Å². The highest BCUT2D eigenvalue weighted by atomic mass is 79.9. The molecule has 2 heterocycles. The van der Waals surface area contributed by atoms with Crippen LogP contribution in [0.3, 0.4) is 0 Å². The first kappa shape index (κ1) is 24.5. The number of carbonyl (C=O) groups excluding carboxylic acids is 2. The van der Waals surface area contributed by atoms with Crippen LogP contribution in [0.5, 0.6) is 0 Å². The summed E-state index contributed by atoms with van der Waals surface area (Å²) in [6.07, 6.45) is 2.00. The van der Waals surface area contributed by atoms with Crippen LogP contribution < -0.4 is 0 Å². The highest BCUT2D eigenvalue weighted by Crippen LogP contribution is 2.43. The number of piperazine rings is 1. The maximum absolute atomic E-state index is 14.7. The van der Waals surface area contributed by atoms with Crippen molar-refractivity contribution in [2.45, 2.75) is 38.6 Å². The quantitative estimate of drug-likeness (QED) is 0.558. The lowest BCUT2D eigenvalue weighted by Crippen LogP contribution is -2.48. The van der Waals surface area contributed by atoms with Gasteiger partial charge in [-0.1, -0.05) is 46.3 Å². The van der Waals surface area contributed by atoms with Gasteiger partial charge in [-0.2, -0.15) is 5.10 Å². The highest BCUT2D eigenvalue weighted by Gasteiger charge is 2.46. The van der Waals surface area contributed by atoms with E-state index < -0.39 is 5.54 Å². The van der Waals surface area contributed by atoms with E-state index in [1.165, 1.54) is 13.0 Å². The largest absolute Gasteiger partial charge is 0.340 e. The molecule has 0 spiro atoms. The third-order valence-corrected chi connectivity index (χ3v) is 7.31. The van der Waals surface area contributed by atoms with Gasteiger partial charge in [0.05, 0.1) is 11.3 Å². The number of amides is 2. The van der Waals surface area contributed by atoms with Crippen LogP contribution in [0.4, 0.5) is 4.39 Å². The van der Waals surface area contributed by atoms with Gasteiger partial charge in [0.15, 0.2) is 0 Å². The maximum Gasteiger partial charge on any atom is 0.240 e. The molecule has 0 N–H and O–H groups in total. The predicted molar refractivity (Wildman–Crippen MR) is 134 cm³/mol. The van der Waals surface area contributed by atoms with Crippen LogP contribution >= 0.6 is 15.9 Å². The molecule has 8 heteroatoms. The highest BCUT2D eigenvalue weighted by molar-refractivity contribution is 9.10. The predicted octanol–water partition coefficient (Wildman–Crippen LogP) is 4.38. The summed E-state index contributed by atoms with van der Waals surface area (Å²) in [5.41, 5.74) is 1.32. The van der Waals surface area contributed by atoms with Gasteiger partial charge >= 0.3 is 0 Å². The van der Waals surface area contributed by atoms with Crippen molar-refractivity contribution in [1.82, 2.24) is 14.8 Å². The SMILES string of the molecule is CC(=O)N1CCN(CCC[C@@]2(c3ccccc3)CC(c3cc(Br)ccc3F)=NN2C(C)=O)CC1. The molecular formula is C26H30BrFN4O2. The lowest BCUT2D eigenvalue weighted by atomic mass is 9.80. The van der Waals surface area contributed by atoms with Crippen molar-refractivity contribution in [3.63, 3.8) is 0 Å². The second-order valence-corrected chi connectivity index (χ2v) is 9.94. The fourth-order valence-electron chi connectivity index (χ4n) is 5.04. The van der Waals surface area contributed by atoms with Gasteiger partial charge in [0, 0.05) is 56.5 Å². The number of halogens is 2. The first-order valence-electron chi connectivity index (χ1n) is 11.7. The van der Waals surface area contributed by atoms with Crippen LogP contribution in [0.15, 0.2) is 58.1 Å². The van der Waals surface area contributed by atoms with Crippen molar-refractivity contribution in [2.75, 3.05) is 32.7 Å². The van der Waals surface area contributed by atoms with E-state index >= 15 is 0 Å². The van der Waals surface area contributed by atoms with Gasteiger partial charge in [0.25, 0.3) is 0 Å². The lowest BCUT2D eigenvalue weighted by Gasteiger charge is -2.38. The van der Waals surface area contributed by atoms with E-state index in [4.69, 9.17) is 0 Å². The number of benzene rings is 2. The maximum atomic E-state index is 14.7. The Morgan fingerprint density at radius 3 is 2.38 bits per heavy atom. The minimum atomic E-state index is -0.668. The molecule has 2 aliphatic heterocycles. The first-order chi connectivity index (χ1) is 16.3. The van der Waals surface area contributed by atoms with Crippen LogP contribution in [-0.2, 0) is 15.1 Å². The monoisotopic (exact) mass is 528 g/mol. The van der Waals surface area contributed by atoms with Crippen molar-refractivity contribution in [3.8, 4) is 0 Å². The van der Waals surface area contributed by atoms with Crippen molar-refractivity contribution in [2.24, 2.45) is 5.10 Å². The molecule has 0 aromatic heterocycles. The summed E-state index contributed by atoms with van der Waals surface area (Å²) in [7, 11) is 0. The molecule has 2 aromatic rings. The summed E-state index contributed by atoms with van der Waals surface area (Å²) in [6.45, 7) is 7.18. The Labute approximate surface area is 208 Å². The van der Waals surface area contributed by atoms with Gasteiger partial charge in [0.1, 0.15) is 5.82 Å². The van der Waals surface area contributed by atoms with E-state index in [-0.39, 0.29) is 17.6 Å². The topological polar surface area (TPSA) is 56.2 Å². The van der Waals surface area contributed by atoms with Gasteiger partial charge in [-0.05, 0) is 43.1 Å². The second kappa shape index (κ2) is 10.4. The molecule has 2 aromatic carbocycles. The number of hydrazone groups is 1. The van der Waals surface area contributed by atoms with E-state index in [9.17, 15) is 14.0 Å². The number of carbonyl (C=O) groups is 2. The van der Waals surface area contributed by atoms with E-state index in [1.807, 2.05) is 35.2 Å². The van der Waals surface area contributed by atoms with Crippen molar-refractivity contribution >= 4 is 33.5 Å². The molecule has 0 unspecified atom stereocenters. The standard InChI is InChI=1S/C26H30BrFN4O2/c1-19(33)31-15-13-30(14-16-31)12-6-11-26(21-7-4-3-5-8-21)18-25(29-32(26)20(2)34)23-17-22(27)9-10-24(23)28/h3-5,7-10,17H,6,11-16,18H2,1-2H3/t26-/m0/s1. The Morgan fingerprint density at radius 2 is 1.74 bits per heavy atom. The Hall–Kier alpha value is -2.58. The van der Waals surface area contributed by atoms with Crippen molar-refractivity contribution in [1.29, 1.82) is 0 Å². The normalized spacial score (nSPS) is 21.0. The minimum Gasteiger partial charge on any atom is -0.340 e. The van der Waals surface area contributed by atoms with Gasteiger partial charge in [-0.25, -0.2) is 9.40 Å². The Kier molecular flexibility index (Phi) is 7.48. The second-order valence-electron chi connectivity index (χ2n) is 9.03. The van der Waals surface area contributed by atoms with E-state index in [0.717, 1.165) is 49.2 Å². The Bertz CT molecular complexity index is 1090. The van der Waals surface area contributed by atoms with Gasteiger partial charge < -0.3 is 4.90 Å². The molecule has 2 aliphatic rings. The summed E-state index contributed by atoms with van der Waals surface area (Å²) in [5, 5.41) is 6.23. The van der Waals surface area contributed by atoms with Crippen LogP contribution in [0, 0.1) is 5.82 Å². The smallest absolute Gasteiger partial charge is 0.240 e. The molecule has 1 fully saturated rings. The van der Waals surface area contributed by atoms with Crippen LogP contribution in [-0.4, -0.2) is 65.1 Å².